The fourth-order valence-corrected chi connectivity index (χ4v) is 11.9. The van der Waals surface area contributed by atoms with Gasteiger partial charge < -0.3 is 15.5 Å². The van der Waals surface area contributed by atoms with Crippen LogP contribution in [0.3, 0.4) is 0 Å². The molecule has 3 aliphatic heterocycles. The zero-order valence-corrected chi connectivity index (χ0v) is 36.6. The molecule has 2 saturated heterocycles. The summed E-state index contributed by atoms with van der Waals surface area (Å²) in [5, 5.41) is 3.23. The number of piperidine rings is 2. The van der Waals surface area contributed by atoms with Gasteiger partial charge in [-0.15, -0.1) is 11.3 Å². The van der Waals surface area contributed by atoms with Gasteiger partial charge in [0.25, 0.3) is 5.91 Å². The van der Waals surface area contributed by atoms with Gasteiger partial charge in [0.05, 0.1) is 32.7 Å². The molecule has 2 aromatic heterocycles. The van der Waals surface area contributed by atoms with E-state index in [1.807, 2.05) is 23.1 Å². The quantitative estimate of drug-likeness (QED) is 0.0879. The van der Waals surface area contributed by atoms with Crippen LogP contribution in [0.25, 0.3) is 21.8 Å². The van der Waals surface area contributed by atoms with Crippen LogP contribution in [0.2, 0.25) is 0 Å². The largest absolute Gasteiger partial charge is 0.368 e. The standard InChI is InChI=1S/C45H53FN8O6S2/c1-2-25-62(59,60)52-33-9-6-8-31(38(33)46)39-40(34-17-22-48-44(47)49-34)61-42(51-39)29-15-18-45(19-16-29)20-23-53(24-21-45)37(56)10-5-3-4-7-28-11-12-30-27-54(43(58)32(30)26-28)35-13-14-36(55)50-41(35)57/h6,8-9,11-12,17,22,26,29,35,52H,2-5,7,10,13-16,18-21,23-25,27H2,1H3,(H2,47,48,49)(H,50,55,57)/t35-/m1/s1. The van der Waals surface area contributed by atoms with E-state index in [0.29, 0.717) is 47.6 Å². The van der Waals surface area contributed by atoms with E-state index in [-0.39, 0.29) is 58.4 Å². The molecule has 4 aromatic rings. The van der Waals surface area contributed by atoms with Crippen LogP contribution in [0.1, 0.15) is 123 Å². The molecule has 4 aliphatic rings. The summed E-state index contributed by atoms with van der Waals surface area (Å²) < 4.78 is 43.6. The van der Waals surface area contributed by atoms with Crippen molar-refractivity contribution in [3.8, 4) is 21.8 Å². The summed E-state index contributed by atoms with van der Waals surface area (Å²) >= 11 is 1.47. The van der Waals surface area contributed by atoms with Crippen LogP contribution in [0.4, 0.5) is 16.0 Å². The molecule has 1 saturated carbocycles. The second-order valence-electron chi connectivity index (χ2n) is 17.2. The van der Waals surface area contributed by atoms with Crippen molar-refractivity contribution in [2.75, 3.05) is 29.3 Å². The molecule has 0 bridgehead atoms. The third kappa shape index (κ3) is 9.38. The van der Waals surface area contributed by atoms with E-state index < -0.39 is 27.8 Å². The number of nitrogens with one attached hydrogen (secondary N) is 2. The third-order valence-electron chi connectivity index (χ3n) is 13.1. The molecule has 4 N–H and O–H groups in total. The van der Waals surface area contributed by atoms with E-state index in [2.05, 4.69) is 20.0 Å². The van der Waals surface area contributed by atoms with Crippen LogP contribution in [0.5, 0.6) is 0 Å². The number of aryl methyl sites for hydroxylation is 1. The van der Waals surface area contributed by atoms with Crippen molar-refractivity contribution >= 4 is 56.6 Å². The Morgan fingerprint density at radius 1 is 1.00 bits per heavy atom. The van der Waals surface area contributed by atoms with Gasteiger partial charge in [0, 0.05) is 55.7 Å². The minimum Gasteiger partial charge on any atom is -0.368 e. The number of carbonyl (C=O) groups excluding carboxylic acids is 4. The summed E-state index contributed by atoms with van der Waals surface area (Å²) in [6.07, 6.45) is 12.2. The maximum Gasteiger partial charge on any atom is 0.255 e. The van der Waals surface area contributed by atoms with Gasteiger partial charge in [-0.25, -0.2) is 27.8 Å². The average molecular weight is 885 g/mol. The highest BCUT2D eigenvalue weighted by atomic mass is 32.2. The lowest BCUT2D eigenvalue weighted by molar-refractivity contribution is -0.137. The highest BCUT2D eigenvalue weighted by molar-refractivity contribution is 7.92. The van der Waals surface area contributed by atoms with E-state index in [0.717, 1.165) is 93.4 Å². The van der Waals surface area contributed by atoms with Gasteiger partial charge in [-0.3, -0.25) is 29.2 Å². The van der Waals surface area contributed by atoms with Crippen molar-refractivity contribution in [2.45, 2.75) is 115 Å². The van der Waals surface area contributed by atoms with E-state index in [4.69, 9.17) is 10.7 Å². The fraction of sp³-hybridized carbons (Fsp3) is 0.489. The summed E-state index contributed by atoms with van der Waals surface area (Å²) in [7, 11) is -3.72. The van der Waals surface area contributed by atoms with E-state index >= 15 is 4.39 Å². The molecule has 4 amide bonds. The zero-order chi connectivity index (χ0) is 43.6. The highest BCUT2D eigenvalue weighted by Crippen LogP contribution is 2.51. The first-order valence-electron chi connectivity index (χ1n) is 21.8. The maximum atomic E-state index is 16.1. The monoisotopic (exact) mass is 884 g/mol. The van der Waals surface area contributed by atoms with Crippen LogP contribution in [-0.2, 0) is 37.4 Å². The number of unbranched alkanes of at least 4 members (excludes halogenated alkanes) is 2. The minimum atomic E-state index is -3.72. The molecular formula is C45H53FN8O6S2. The number of likely N-dealkylation sites (tertiary alicyclic amines) is 1. The first-order chi connectivity index (χ1) is 29.8. The number of imide groups is 1. The molecule has 1 spiro atoms. The number of amides is 4. The molecule has 14 nitrogen and oxygen atoms in total. The molecule has 0 radical (unpaired) electrons. The number of aromatic nitrogens is 3. The molecule has 17 heteroatoms. The van der Waals surface area contributed by atoms with Crippen LogP contribution in [-0.4, -0.2) is 81.7 Å². The van der Waals surface area contributed by atoms with Crippen LogP contribution in [0, 0.1) is 11.2 Å². The van der Waals surface area contributed by atoms with Gasteiger partial charge in [-0.2, -0.15) is 0 Å². The van der Waals surface area contributed by atoms with Gasteiger partial charge in [0.2, 0.25) is 33.7 Å². The number of halogens is 1. The van der Waals surface area contributed by atoms with Crippen LogP contribution < -0.4 is 15.8 Å². The smallest absolute Gasteiger partial charge is 0.255 e. The number of rotatable bonds is 14. The zero-order valence-electron chi connectivity index (χ0n) is 35.0. The van der Waals surface area contributed by atoms with Gasteiger partial charge in [0.1, 0.15) is 6.04 Å². The third-order valence-corrected chi connectivity index (χ3v) is 15.8. The summed E-state index contributed by atoms with van der Waals surface area (Å²) in [6, 6.07) is 11.7. The predicted octanol–water partition coefficient (Wildman–Crippen LogP) is 6.97. The molecule has 1 aliphatic carbocycles. The Balaban J connectivity index is 0.821. The summed E-state index contributed by atoms with van der Waals surface area (Å²) in [5.74, 6) is -1.25. The average Bonchev–Trinajstić information content (AvgIpc) is 3.83. The molecule has 3 fully saturated rings. The van der Waals surface area contributed by atoms with Gasteiger partial charge in [-0.05, 0) is 111 Å². The SMILES string of the molecule is CCCS(=O)(=O)Nc1cccc(-c2nc(C3CCC4(CC3)CCN(C(=O)CCCCCc3ccc5c(c3)C(=O)N([C@@H]3CCC(=O)NC3=O)C5)CC4)sc2-c2ccnc(N)n2)c1F. The Bertz CT molecular complexity index is 2480. The number of hydrogen-bond acceptors (Lipinski definition) is 11. The molecular weight excluding hydrogens is 832 g/mol. The van der Waals surface area contributed by atoms with E-state index in [1.54, 1.807) is 36.2 Å². The lowest BCUT2D eigenvalue weighted by Gasteiger charge is -2.45. The fourth-order valence-electron chi connectivity index (χ4n) is 9.55. The molecule has 8 rings (SSSR count). The van der Waals surface area contributed by atoms with Crippen molar-refractivity contribution in [3.63, 3.8) is 0 Å². The summed E-state index contributed by atoms with van der Waals surface area (Å²) in [4.78, 5) is 68.2. The number of nitrogens with zero attached hydrogens (tertiary/aromatic N) is 5. The van der Waals surface area contributed by atoms with Crippen molar-refractivity contribution in [1.29, 1.82) is 0 Å². The van der Waals surface area contributed by atoms with E-state index in [1.165, 1.54) is 17.4 Å². The topological polar surface area (TPSA) is 198 Å². The lowest BCUT2D eigenvalue weighted by Crippen LogP contribution is -2.52. The van der Waals surface area contributed by atoms with Gasteiger partial charge in [-0.1, -0.05) is 31.5 Å². The molecule has 5 heterocycles. The number of thiazole rings is 1. The Hall–Kier alpha value is -5.29. The number of sulfonamides is 1. The van der Waals surface area contributed by atoms with Crippen LogP contribution >= 0.6 is 11.3 Å². The summed E-state index contributed by atoms with van der Waals surface area (Å²) in [6.45, 7) is 3.62. The van der Waals surface area contributed by atoms with E-state index in [9.17, 15) is 27.6 Å². The van der Waals surface area contributed by atoms with Crippen LogP contribution in [0.15, 0.2) is 48.7 Å². The van der Waals surface area contributed by atoms with Crippen molar-refractivity contribution in [2.24, 2.45) is 5.41 Å². The number of carbonyl (C=O) groups is 4. The summed E-state index contributed by atoms with van der Waals surface area (Å²) in [5.41, 5.74) is 9.68. The number of fused-ring (bicyclic) bond motifs is 1. The molecule has 62 heavy (non-hydrogen) atoms. The number of benzene rings is 2. The number of nitrogens with two attached hydrogens (primary N) is 1. The second kappa shape index (κ2) is 18.2. The van der Waals surface area contributed by atoms with Crippen molar-refractivity contribution < 1.29 is 32.0 Å². The first kappa shape index (κ1) is 43.4. The lowest BCUT2D eigenvalue weighted by atomic mass is 9.65. The normalized spacial score (nSPS) is 19.2. The van der Waals surface area contributed by atoms with Gasteiger partial charge >= 0.3 is 0 Å². The Morgan fingerprint density at radius 3 is 2.53 bits per heavy atom. The van der Waals surface area contributed by atoms with Crippen molar-refractivity contribution in [3.05, 3.63) is 76.2 Å². The Kier molecular flexibility index (Phi) is 12.7. The first-order valence-corrected chi connectivity index (χ1v) is 24.2. The maximum absolute atomic E-state index is 16.1. The number of anilines is 2. The number of hydrogen-bond donors (Lipinski definition) is 3. The highest BCUT2D eigenvalue weighted by Gasteiger charge is 2.41. The minimum absolute atomic E-state index is 0.0867. The molecule has 328 valence electrons. The Morgan fingerprint density at radius 2 is 1.79 bits per heavy atom. The van der Waals surface area contributed by atoms with Gasteiger partial charge in [0.15, 0.2) is 5.82 Å². The molecule has 1 atom stereocenters. The number of nitrogen functional groups attached to an aromatic ring is 1. The van der Waals surface area contributed by atoms with Crippen molar-refractivity contribution in [1.82, 2.24) is 30.1 Å². The molecule has 2 aromatic carbocycles. The second-order valence-corrected chi connectivity index (χ2v) is 20.1. The predicted molar refractivity (Wildman–Crippen MR) is 235 cm³/mol. The Labute approximate surface area is 365 Å². The molecule has 0 unspecified atom stereocenters.